The molecule has 2 heterocycles. The van der Waals surface area contributed by atoms with Crippen molar-refractivity contribution in [2.24, 2.45) is 0 Å². The number of benzene rings is 2. The van der Waals surface area contributed by atoms with Crippen LogP contribution >= 0.6 is 12.4 Å². The molecular formula is C17H20ClN3O3S. The number of nitrogens with one attached hydrogen (secondary N) is 1. The summed E-state index contributed by atoms with van der Waals surface area (Å²) in [4.78, 5) is 14.2. The number of halogens is 1. The molecule has 2 aromatic carbocycles. The van der Waals surface area contributed by atoms with Crippen LogP contribution in [0.3, 0.4) is 0 Å². The van der Waals surface area contributed by atoms with Crippen molar-refractivity contribution >= 4 is 44.8 Å². The molecule has 1 unspecified atom stereocenters. The lowest BCUT2D eigenvalue weighted by Gasteiger charge is -2.31. The number of carbonyl (C=O) groups is 1. The second kappa shape index (κ2) is 6.25. The first-order chi connectivity index (χ1) is 11.4. The highest BCUT2D eigenvalue weighted by Gasteiger charge is 2.33. The van der Waals surface area contributed by atoms with Crippen molar-refractivity contribution in [3.05, 3.63) is 35.9 Å². The molecule has 0 spiro atoms. The van der Waals surface area contributed by atoms with Gasteiger partial charge in [0.05, 0.1) is 10.6 Å². The molecule has 134 valence electrons. The number of carbonyl (C=O) groups excluding carboxylic acids is 1. The highest BCUT2D eigenvalue weighted by atomic mass is 35.5. The second-order valence-corrected chi connectivity index (χ2v) is 8.30. The number of sulfonamides is 1. The minimum atomic E-state index is -3.60. The van der Waals surface area contributed by atoms with Gasteiger partial charge in [-0.2, -0.15) is 4.31 Å². The van der Waals surface area contributed by atoms with Gasteiger partial charge in [0.15, 0.2) is 0 Å². The molecular weight excluding hydrogens is 362 g/mol. The number of rotatable bonds is 2. The Morgan fingerprint density at radius 3 is 2.68 bits per heavy atom. The summed E-state index contributed by atoms with van der Waals surface area (Å²) in [5.74, 6) is -0.0963. The van der Waals surface area contributed by atoms with Crippen molar-refractivity contribution in [3.8, 4) is 0 Å². The van der Waals surface area contributed by atoms with E-state index in [-0.39, 0.29) is 29.3 Å². The van der Waals surface area contributed by atoms with Crippen LogP contribution in [0.25, 0.3) is 10.8 Å². The van der Waals surface area contributed by atoms with E-state index in [1.807, 2.05) is 6.92 Å². The summed E-state index contributed by atoms with van der Waals surface area (Å²) in [6, 6.07) is 8.76. The van der Waals surface area contributed by atoms with Gasteiger partial charge in [0.25, 0.3) is 5.91 Å². The molecule has 2 aromatic rings. The zero-order chi connectivity index (χ0) is 17.1. The number of hydrogen-bond acceptors (Lipinski definition) is 4. The Bertz CT molecular complexity index is 961. The van der Waals surface area contributed by atoms with Crippen LogP contribution in [0.1, 0.15) is 17.3 Å². The van der Waals surface area contributed by atoms with Gasteiger partial charge in [-0.1, -0.05) is 12.1 Å². The summed E-state index contributed by atoms with van der Waals surface area (Å²) < 4.78 is 27.8. The van der Waals surface area contributed by atoms with Crippen molar-refractivity contribution in [2.75, 3.05) is 31.6 Å². The van der Waals surface area contributed by atoms with Gasteiger partial charge in [0, 0.05) is 49.1 Å². The van der Waals surface area contributed by atoms with Crippen LogP contribution in [-0.4, -0.2) is 51.4 Å². The monoisotopic (exact) mass is 381 g/mol. The normalized spacial score (nSPS) is 20.8. The van der Waals surface area contributed by atoms with E-state index < -0.39 is 10.0 Å². The fourth-order valence-electron chi connectivity index (χ4n) is 3.59. The lowest BCUT2D eigenvalue weighted by atomic mass is 10.1. The third kappa shape index (κ3) is 2.62. The Morgan fingerprint density at radius 1 is 1.20 bits per heavy atom. The molecule has 8 heteroatoms. The average molecular weight is 382 g/mol. The van der Waals surface area contributed by atoms with E-state index in [0.717, 1.165) is 11.1 Å². The van der Waals surface area contributed by atoms with Crippen molar-refractivity contribution in [1.29, 1.82) is 0 Å². The van der Waals surface area contributed by atoms with E-state index in [1.165, 1.54) is 4.31 Å². The van der Waals surface area contributed by atoms with Crippen LogP contribution in [-0.2, 0) is 10.0 Å². The molecule has 2 aliphatic rings. The smallest absolute Gasteiger partial charge is 0.258 e. The molecule has 2 aliphatic heterocycles. The predicted octanol–water partition coefficient (Wildman–Crippen LogP) is 1.83. The van der Waals surface area contributed by atoms with Gasteiger partial charge in [-0.3, -0.25) is 4.79 Å². The summed E-state index contributed by atoms with van der Waals surface area (Å²) in [6.45, 7) is 3.52. The number of nitrogens with zero attached hydrogens (tertiary/aromatic N) is 2. The van der Waals surface area contributed by atoms with Crippen LogP contribution in [0, 0.1) is 0 Å². The van der Waals surface area contributed by atoms with Gasteiger partial charge in [0.1, 0.15) is 0 Å². The second-order valence-electron chi connectivity index (χ2n) is 6.39. The topological polar surface area (TPSA) is 69.7 Å². The summed E-state index contributed by atoms with van der Waals surface area (Å²) in [5.41, 5.74) is 1.33. The van der Waals surface area contributed by atoms with Gasteiger partial charge >= 0.3 is 0 Å². The van der Waals surface area contributed by atoms with E-state index in [4.69, 9.17) is 0 Å². The summed E-state index contributed by atoms with van der Waals surface area (Å²) >= 11 is 0. The Labute approximate surface area is 153 Å². The standard InChI is InChI=1S/C17H19N3O3S.ClH/c1-11-10-20(9-8-18-11)24(22,23)15-7-6-14-16-12(15)4-3-5-13(16)17(21)19(14)2;/h3-7,11,18H,8-10H2,1-2H3;1H. The molecule has 0 aromatic heterocycles. The van der Waals surface area contributed by atoms with Gasteiger partial charge in [-0.25, -0.2) is 8.42 Å². The first-order valence-corrected chi connectivity index (χ1v) is 9.42. The largest absolute Gasteiger partial charge is 0.312 e. The van der Waals surface area contributed by atoms with E-state index >= 15 is 0 Å². The van der Waals surface area contributed by atoms with Gasteiger partial charge in [0.2, 0.25) is 10.0 Å². The molecule has 1 saturated heterocycles. The summed E-state index contributed by atoms with van der Waals surface area (Å²) in [5, 5.41) is 4.61. The number of anilines is 1. The predicted molar refractivity (Wildman–Crippen MR) is 100 cm³/mol. The van der Waals surface area contributed by atoms with Crippen LogP contribution in [0.15, 0.2) is 35.2 Å². The number of amides is 1. The zero-order valence-electron chi connectivity index (χ0n) is 14.0. The lowest BCUT2D eigenvalue weighted by molar-refractivity contribution is 0.0999. The molecule has 1 N–H and O–H groups in total. The first kappa shape index (κ1) is 18.1. The molecule has 1 atom stereocenters. The maximum absolute atomic E-state index is 13.2. The maximum atomic E-state index is 13.2. The molecule has 4 rings (SSSR count). The van der Waals surface area contributed by atoms with Gasteiger partial charge < -0.3 is 10.2 Å². The maximum Gasteiger partial charge on any atom is 0.258 e. The third-order valence-electron chi connectivity index (χ3n) is 4.82. The van der Waals surface area contributed by atoms with Crippen molar-refractivity contribution in [3.63, 3.8) is 0 Å². The van der Waals surface area contributed by atoms with Crippen molar-refractivity contribution in [2.45, 2.75) is 17.9 Å². The molecule has 1 fully saturated rings. The SMILES string of the molecule is CC1CN(S(=O)(=O)c2ccc3c4c(cccc24)C(=O)N3C)CCN1.Cl. The molecule has 6 nitrogen and oxygen atoms in total. The molecule has 25 heavy (non-hydrogen) atoms. The fraction of sp³-hybridized carbons (Fsp3) is 0.353. The van der Waals surface area contributed by atoms with E-state index in [9.17, 15) is 13.2 Å². The molecule has 1 amide bonds. The number of hydrogen-bond donors (Lipinski definition) is 1. The highest BCUT2D eigenvalue weighted by molar-refractivity contribution is 7.89. The number of piperazine rings is 1. The zero-order valence-corrected chi connectivity index (χ0v) is 15.7. The molecule has 0 radical (unpaired) electrons. The quantitative estimate of drug-likeness (QED) is 0.861. The first-order valence-electron chi connectivity index (χ1n) is 7.98. The average Bonchev–Trinajstić information content (AvgIpc) is 2.82. The van der Waals surface area contributed by atoms with Crippen LogP contribution in [0.4, 0.5) is 5.69 Å². The van der Waals surface area contributed by atoms with Crippen molar-refractivity contribution < 1.29 is 13.2 Å². The van der Waals surface area contributed by atoms with E-state index in [1.54, 1.807) is 42.3 Å². The Morgan fingerprint density at radius 2 is 1.96 bits per heavy atom. The fourth-order valence-corrected chi connectivity index (χ4v) is 5.31. The van der Waals surface area contributed by atoms with Crippen LogP contribution in [0.5, 0.6) is 0 Å². The Hall–Kier alpha value is -1.67. The lowest BCUT2D eigenvalue weighted by Crippen LogP contribution is -2.51. The van der Waals surface area contributed by atoms with Crippen LogP contribution < -0.4 is 10.2 Å². The van der Waals surface area contributed by atoms with Crippen LogP contribution in [0.2, 0.25) is 0 Å². The van der Waals surface area contributed by atoms with Gasteiger partial charge in [-0.15, -0.1) is 12.4 Å². The van der Waals surface area contributed by atoms with Gasteiger partial charge in [-0.05, 0) is 25.1 Å². The molecule has 0 saturated carbocycles. The Kier molecular flexibility index (Phi) is 4.53. The minimum Gasteiger partial charge on any atom is -0.312 e. The Balaban J connectivity index is 0.00000182. The van der Waals surface area contributed by atoms with E-state index in [0.29, 0.717) is 30.6 Å². The molecule has 0 bridgehead atoms. The summed E-state index contributed by atoms with van der Waals surface area (Å²) in [7, 11) is -1.89. The third-order valence-corrected chi connectivity index (χ3v) is 6.75. The molecule has 0 aliphatic carbocycles. The highest BCUT2D eigenvalue weighted by Crippen LogP contribution is 2.39. The van der Waals surface area contributed by atoms with E-state index in [2.05, 4.69) is 5.32 Å². The van der Waals surface area contributed by atoms with Crippen molar-refractivity contribution in [1.82, 2.24) is 9.62 Å². The minimum absolute atomic E-state index is 0. The summed E-state index contributed by atoms with van der Waals surface area (Å²) in [6.07, 6.45) is 0.